The molecule has 3 rings (SSSR count). The molecule has 1 aliphatic rings. The molecule has 1 aliphatic carbocycles. The van der Waals surface area contributed by atoms with Crippen molar-refractivity contribution in [1.29, 1.82) is 0 Å². The summed E-state index contributed by atoms with van der Waals surface area (Å²) in [6.45, 7) is 0.693. The molecule has 0 spiro atoms. The second-order valence-electron chi connectivity index (χ2n) is 5.31. The van der Waals surface area contributed by atoms with Crippen molar-refractivity contribution in [3.63, 3.8) is 0 Å². The minimum atomic E-state index is 0.570. The number of nitrogens with zero attached hydrogens (tertiary/aromatic N) is 3. The van der Waals surface area contributed by atoms with E-state index in [2.05, 4.69) is 20.1 Å². The van der Waals surface area contributed by atoms with Crippen molar-refractivity contribution >= 4 is 17.3 Å². The van der Waals surface area contributed by atoms with Crippen molar-refractivity contribution in [1.82, 2.24) is 14.8 Å². The van der Waals surface area contributed by atoms with Crippen LogP contribution in [0.25, 0.3) is 0 Å². The molecular weight excluding hydrogens is 272 g/mol. The predicted molar refractivity (Wildman–Crippen MR) is 80.9 cm³/mol. The monoisotopic (exact) mass is 290 g/mol. The third-order valence-corrected chi connectivity index (χ3v) is 4.16. The smallest absolute Gasteiger partial charge is 0.152 e. The van der Waals surface area contributed by atoms with E-state index in [1.165, 1.54) is 32.1 Å². The maximum absolute atomic E-state index is 5.88. The summed E-state index contributed by atoms with van der Waals surface area (Å²) >= 11 is 5.88. The lowest BCUT2D eigenvalue weighted by Gasteiger charge is -2.24. The number of benzene rings is 1. The van der Waals surface area contributed by atoms with Gasteiger partial charge in [-0.25, -0.2) is 0 Å². The number of rotatable bonds is 4. The van der Waals surface area contributed by atoms with Crippen molar-refractivity contribution in [2.24, 2.45) is 0 Å². The summed E-state index contributed by atoms with van der Waals surface area (Å²) in [5.41, 5.74) is 1.05. The fourth-order valence-corrected chi connectivity index (χ4v) is 2.93. The van der Waals surface area contributed by atoms with Crippen LogP contribution in [0.2, 0.25) is 5.02 Å². The lowest BCUT2D eigenvalue weighted by Crippen LogP contribution is -2.16. The first-order valence-corrected chi connectivity index (χ1v) is 7.58. The highest BCUT2D eigenvalue weighted by Gasteiger charge is 2.18. The Morgan fingerprint density at radius 1 is 1.15 bits per heavy atom. The highest BCUT2D eigenvalue weighted by Crippen LogP contribution is 2.28. The fourth-order valence-electron chi connectivity index (χ4n) is 2.81. The lowest BCUT2D eigenvalue weighted by molar-refractivity contribution is 0.346. The summed E-state index contributed by atoms with van der Waals surface area (Å²) in [6, 6.07) is 8.29. The SMILES string of the molecule is Clc1ccc(NCc2nncn2C2CCCCC2)cc1. The standard InChI is InChI=1S/C15H19ClN4/c16-12-6-8-13(9-7-12)17-10-15-19-18-11-20(15)14-4-2-1-3-5-14/h6-9,11,14,17H,1-5,10H2. The van der Waals surface area contributed by atoms with Gasteiger partial charge in [0.05, 0.1) is 6.54 Å². The summed E-state index contributed by atoms with van der Waals surface area (Å²) < 4.78 is 2.24. The Bertz CT molecular complexity index is 543. The topological polar surface area (TPSA) is 42.7 Å². The van der Waals surface area contributed by atoms with E-state index in [-0.39, 0.29) is 0 Å². The van der Waals surface area contributed by atoms with Gasteiger partial charge < -0.3 is 9.88 Å². The molecule has 0 bridgehead atoms. The average Bonchev–Trinajstić information content (AvgIpc) is 2.96. The molecule has 0 unspecified atom stereocenters. The number of anilines is 1. The van der Waals surface area contributed by atoms with Crippen LogP contribution in [0.15, 0.2) is 30.6 Å². The van der Waals surface area contributed by atoms with Gasteiger partial charge in [-0.3, -0.25) is 0 Å². The highest BCUT2D eigenvalue weighted by molar-refractivity contribution is 6.30. The maximum atomic E-state index is 5.88. The molecule has 2 aromatic rings. The predicted octanol–water partition coefficient (Wildman–Crippen LogP) is 4.05. The second kappa shape index (κ2) is 6.27. The molecule has 5 heteroatoms. The Hall–Kier alpha value is -1.55. The minimum Gasteiger partial charge on any atom is -0.378 e. The quantitative estimate of drug-likeness (QED) is 0.924. The van der Waals surface area contributed by atoms with Crippen molar-refractivity contribution in [2.75, 3.05) is 5.32 Å². The van der Waals surface area contributed by atoms with Gasteiger partial charge in [-0.1, -0.05) is 30.9 Å². The molecular formula is C15H19ClN4. The molecule has 0 saturated heterocycles. The molecule has 1 fully saturated rings. The van der Waals surface area contributed by atoms with Gasteiger partial charge in [0.1, 0.15) is 6.33 Å². The first kappa shape index (κ1) is 13.4. The van der Waals surface area contributed by atoms with Crippen LogP contribution in [0.3, 0.4) is 0 Å². The van der Waals surface area contributed by atoms with E-state index in [1.807, 2.05) is 30.6 Å². The summed E-state index contributed by atoms with van der Waals surface area (Å²) in [7, 11) is 0. The maximum Gasteiger partial charge on any atom is 0.152 e. The van der Waals surface area contributed by atoms with E-state index in [4.69, 9.17) is 11.6 Å². The average molecular weight is 291 g/mol. The van der Waals surface area contributed by atoms with Crippen molar-refractivity contribution < 1.29 is 0 Å². The van der Waals surface area contributed by atoms with Crippen LogP contribution in [-0.2, 0) is 6.54 Å². The molecule has 1 aromatic heterocycles. The van der Waals surface area contributed by atoms with Gasteiger partial charge in [-0.2, -0.15) is 0 Å². The summed E-state index contributed by atoms with van der Waals surface area (Å²) in [5.74, 6) is 1.01. The first-order chi connectivity index (χ1) is 9.83. The van der Waals surface area contributed by atoms with Crippen molar-refractivity contribution in [2.45, 2.75) is 44.7 Å². The van der Waals surface area contributed by atoms with Crippen LogP contribution in [0.1, 0.15) is 44.0 Å². The van der Waals surface area contributed by atoms with E-state index < -0.39 is 0 Å². The summed E-state index contributed by atoms with van der Waals surface area (Å²) in [5, 5.41) is 12.4. The molecule has 1 heterocycles. The van der Waals surface area contributed by atoms with Crippen LogP contribution in [0, 0.1) is 0 Å². The summed E-state index contributed by atoms with van der Waals surface area (Å²) in [4.78, 5) is 0. The summed E-state index contributed by atoms with van der Waals surface area (Å²) in [6.07, 6.45) is 8.34. The molecule has 0 amide bonds. The molecule has 106 valence electrons. The van der Waals surface area contributed by atoms with E-state index in [0.29, 0.717) is 12.6 Å². The highest BCUT2D eigenvalue weighted by atomic mass is 35.5. The Kier molecular flexibility index (Phi) is 4.21. The fraction of sp³-hybridized carbons (Fsp3) is 0.467. The molecule has 1 N–H and O–H groups in total. The molecule has 0 radical (unpaired) electrons. The minimum absolute atomic E-state index is 0.570. The second-order valence-corrected chi connectivity index (χ2v) is 5.74. The van der Waals surface area contributed by atoms with Gasteiger partial charge in [0.2, 0.25) is 0 Å². The molecule has 20 heavy (non-hydrogen) atoms. The largest absolute Gasteiger partial charge is 0.378 e. The zero-order valence-electron chi connectivity index (χ0n) is 11.4. The van der Waals surface area contributed by atoms with Gasteiger partial charge in [0.15, 0.2) is 5.82 Å². The van der Waals surface area contributed by atoms with Crippen LogP contribution in [-0.4, -0.2) is 14.8 Å². The van der Waals surface area contributed by atoms with Crippen molar-refractivity contribution in [3.8, 4) is 0 Å². The van der Waals surface area contributed by atoms with Crippen LogP contribution >= 0.6 is 11.6 Å². The number of aromatic nitrogens is 3. The Morgan fingerprint density at radius 3 is 2.65 bits per heavy atom. The van der Waals surface area contributed by atoms with Gasteiger partial charge in [0, 0.05) is 16.8 Å². The van der Waals surface area contributed by atoms with Gasteiger partial charge >= 0.3 is 0 Å². The van der Waals surface area contributed by atoms with Crippen LogP contribution in [0.4, 0.5) is 5.69 Å². The molecule has 1 saturated carbocycles. The number of nitrogens with one attached hydrogen (secondary N) is 1. The Labute approximate surface area is 124 Å². The zero-order valence-corrected chi connectivity index (χ0v) is 12.2. The number of halogens is 1. The first-order valence-electron chi connectivity index (χ1n) is 7.21. The van der Waals surface area contributed by atoms with Crippen molar-refractivity contribution in [3.05, 3.63) is 41.4 Å². The van der Waals surface area contributed by atoms with Gasteiger partial charge in [-0.15, -0.1) is 10.2 Å². The Morgan fingerprint density at radius 2 is 1.90 bits per heavy atom. The number of hydrogen-bond donors (Lipinski definition) is 1. The van der Waals surface area contributed by atoms with E-state index in [9.17, 15) is 0 Å². The molecule has 4 nitrogen and oxygen atoms in total. The normalized spacial score (nSPS) is 16.2. The lowest BCUT2D eigenvalue weighted by atomic mass is 9.95. The molecule has 1 aromatic carbocycles. The number of hydrogen-bond acceptors (Lipinski definition) is 3. The third kappa shape index (κ3) is 3.12. The third-order valence-electron chi connectivity index (χ3n) is 3.91. The molecule has 0 atom stereocenters. The van der Waals surface area contributed by atoms with E-state index >= 15 is 0 Å². The van der Waals surface area contributed by atoms with Crippen LogP contribution in [0.5, 0.6) is 0 Å². The van der Waals surface area contributed by atoms with Crippen LogP contribution < -0.4 is 5.32 Å². The molecule has 0 aliphatic heterocycles. The van der Waals surface area contributed by atoms with Gasteiger partial charge in [-0.05, 0) is 37.1 Å². The van der Waals surface area contributed by atoms with E-state index in [0.717, 1.165) is 16.5 Å². The van der Waals surface area contributed by atoms with Gasteiger partial charge in [0.25, 0.3) is 0 Å². The van der Waals surface area contributed by atoms with E-state index in [1.54, 1.807) is 0 Å². The zero-order chi connectivity index (χ0) is 13.8. The Balaban J connectivity index is 1.65.